The smallest absolute Gasteiger partial charge is 0.119 e. The summed E-state index contributed by atoms with van der Waals surface area (Å²) >= 11 is 0. The number of hydrogen-bond donors (Lipinski definition) is 0. The van der Waals surface area contributed by atoms with Crippen molar-refractivity contribution in [2.45, 2.75) is 20.4 Å². The number of nitrogens with zero attached hydrogens (tertiary/aromatic N) is 3. The van der Waals surface area contributed by atoms with Gasteiger partial charge in [0.2, 0.25) is 0 Å². The van der Waals surface area contributed by atoms with Gasteiger partial charge in [-0.25, -0.2) is 0 Å². The molecule has 4 heteroatoms. The Morgan fingerprint density at radius 1 is 0.917 bits per heavy atom. The number of benzene rings is 1. The maximum atomic E-state index is 5.51. The number of piperazine rings is 1. The first kappa shape index (κ1) is 16.9. The first-order chi connectivity index (χ1) is 11.8. The van der Waals surface area contributed by atoms with E-state index >= 15 is 0 Å². The second-order valence-corrected chi connectivity index (χ2v) is 6.25. The van der Waals surface area contributed by atoms with Gasteiger partial charge in [-0.15, -0.1) is 0 Å². The minimum absolute atomic E-state index is 0.696. The molecule has 0 saturated carbocycles. The minimum atomic E-state index is 0.696. The zero-order valence-corrected chi connectivity index (χ0v) is 14.7. The van der Waals surface area contributed by atoms with Gasteiger partial charge >= 0.3 is 0 Å². The van der Waals surface area contributed by atoms with E-state index in [2.05, 4.69) is 39.9 Å². The number of rotatable bonds is 6. The van der Waals surface area contributed by atoms with Crippen molar-refractivity contribution < 1.29 is 4.74 Å². The van der Waals surface area contributed by atoms with Crippen LogP contribution in [0.4, 0.5) is 0 Å². The maximum absolute atomic E-state index is 5.51. The van der Waals surface area contributed by atoms with Crippen molar-refractivity contribution in [1.82, 2.24) is 14.8 Å². The number of hydrogen-bond acceptors (Lipinski definition) is 4. The lowest BCUT2D eigenvalue weighted by atomic mass is 10.1. The van der Waals surface area contributed by atoms with Crippen LogP contribution in [-0.4, -0.2) is 54.1 Å². The summed E-state index contributed by atoms with van der Waals surface area (Å²) in [6.45, 7) is 11.7. The van der Waals surface area contributed by atoms with Gasteiger partial charge in [0.25, 0.3) is 0 Å². The molecule has 1 aliphatic heterocycles. The summed E-state index contributed by atoms with van der Waals surface area (Å²) in [4.78, 5) is 9.47. The number of aromatic nitrogens is 1. The van der Waals surface area contributed by atoms with Gasteiger partial charge in [0.15, 0.2) is 0 Å². The highest BCUT2D eigenvalue weighted by Gasteiger charge is 2.15. The molecule has 0 atom stereocenters. The molecule has 128 valence electrons. The molecule has 1 aromatic carbocycles. The van der Waals surface area contributed by atoms with Crippen LogP contribution in [0.1, 0.15) is 19.4 Å². The fraction of sp³-hybridized carbons (Fsp3) is 0.450. The third-order valence-electron chi connectivity index (χ3n) is 4.61. The van der Waals surface area contributed by atoms with Crippen molar-refractivity contribution in [3.05, 3.63) is 48.3 Å². The van der Waals surface area contributed by atoms with Crippen LogP contribution in [0, 0.1) is 0 Å². The third-order valence-corrected chi connectivity index (χ3v) is 4.61. The Morgan fingerprint density at radius 2 is 1.62 bits per heavy atom. The van der Waals surface area contributed by atoms with Crippen molar-refractivity contribution in [2.75, 3.05) is 39.3 Å². The minimum Gasteiger partial charge on any atom is -0.494 e. The van der Waals surface area contributed by atoms with E-state index in [1.165, 1.54) is 29.8 Å². The molecule has 1 aromatic heterocycles. The Morgan fingerprint density at radius 3 is 2.29 bits per heavy atom. The number of pyridine rings is 1. The summed E-state index contributed by atoms with van der Waals surface area (Å²) in [5.74, 6) is 0.916. The van der Waals surface area contributed by atoms with Crippen LogP contribution < -0.4 is 4.74 Å². The second-order valence-electron chi connectivity index (χ2n) is 6.25. The summed E-state index contributed by atoms with van der Waals surface area (Å²) in [6.07, 6.45) is 3.93. The van der Waals surface area contributed by atoms with Crippen molar-refractivity contribution >= 4 is 0 Å². The monoisotopic (exact) mass is 325 g/mol. The fourth-order valence-electron chi connectivity index (χ4n) is 3.16. The van der Waals surface area contributed by atoms with E-state index in [1.54, 1.807) is 0 Å². The first-order valence-corrected chi connectivity index (χ1v) is 8.90. The van der Waals surface area contributed by atoms with Crippen molar-refractivity contribution in [3.8, 4) is 16.9 Å². The van der Waals surface area contributed by atoms with E-state index in [0.29, 0.717) is 6.61 Å². The molecule has 3 rings (SSSR count). The molecule has 0 N–H and O–H groups in total. The topological polar surface area (TPSA) is 28.6 Å². The van der Waals surface area contributed by atoms with Crippen molar-refractivity contribution in [1.29, 1.82) is 0 Å². The number of likely N-dealkylation sites (N-methyl/N-ethyl adjacent to an activating group) is 1. The van der Waals surface area contributed by atoms with Crippen LogP contribution in [0.5, 0.6) is 5.75 Å². The van der Waals surface area contributed by atoms with E-state index in [0.717, 1.165) is 31.9 Å². The molecule has 0 spiro atoms. The van der Waals surface area contributed by atoms with Crippen LogP contribution in [0.3, 0.4) is 0 Å². The summed E-state index contributed by atoms with van der Waals surface area (Å²) in [6, 6.07) is 10.5. The molecule has 1 fully saturated rings. The van der Waals surface area contributed by atoms with E-state index in [4.69, 9.17) is 4.74 Å². The van der Waals surface area contributed by atoms with Crippen LogP contribution in [0.2, 0.25) is 0 Å². The molecule has 2 heterocycles. The van der Waals surface area contributed by atoms with Gasteiger partial charge in [0.05, 0.1) is 6.61 Å². The SMILES string of the molecule is CCOc1ccc(-c2cncc(CN3CCN(CC)CC3)c2)cc1. The molecule has 0 aliphatic carbocycles. The van der Waals surface area contributed by atoms with Gasteiger partial charge in [0, 0.05) is 50.7 Å². The Bertz CT molecular complexity index is 634. The van der Waals surface area contributed by atoms with Gasteiger partial charge in [0.1, 0.15) is 5.75 Å². The Kier molecular flexibility index (Phi) is 5.83. The highest BCUT2D eigenvalue weighted by Crippen LogP contribution is 2.23. The molecular weight excluding hydrogens is 298 g/mol. The molecular formula is C20H27N3O. The zero-order chi connectivity index (χ0) is 16.8. The van der Waals surface area contributed by atoms with Gasteiger partial charge in [-0.05, 0) is 42.8 Å². The van der Waals surface area contributed by atoms with Gasteiger partial charge < -0.3 is 9.64 Å². The lowest BCUT2D eigenvalue weighted by Gasteiger charge is -2.34. The van der Waals surface area contributed by atoms with E-state index < -0.39 is 0 Å². The molecule has 1 saturated heterocycles. The maximum Gasteiger partial charge on any atom is 0.119 e. The second kappa shape index (κ2) is 8.27. The van der Waals surface area contributed by atoms with Gasteiger partial charge in [-0.3, -0.25) is 9.88 Å². The summed E-state index contributed by atoms with van der Waals surface area (Å²) in [5.41, 5.74) is 3.64. The van der Waals surface area contributed by atoms with Crippen LogP contribution >= 0.6 is 0 Å². The molecule has 24 heavy (non-hydrogen) atoms. The van der Waals surface area contributed by atoms with E-state index in [9.17, 15) is 0 Å². The molecule has 1 aliphatic rings. The van der Waals surface area contributed by atoms with E-state index in [1.807, 2.05) is 31.5 Å². The molecule has 0 bridgehead atoms. The Labute approximate surface area is 145 Å². The zero-order valence-electron chi connectivity index (χ0n) is 14.7. The Hall–Kier alpha value is -1.91. The average Bonchev–Trinajstić information content (AvgIpc) is 2.63. The molecule has 2 aromatic rings. The molecule has 0 radical (unpaired) electrons. The summed E-state index contributed by atoms with van der Waals surface area (Å²) < 4.78 is 5.51. The predicted octanol–water partition coefficient (Wildman–Crippen LogP) is 3.28. The molecule has 4 nitrogen and oxygen atoms in total. The predicted molar refractivity (Wildman–Crippen MR) is 98.2 cm³/mol. The van der Waals surface area contributed by atoms with Gasteiger partial charge in [-0.2, -0.15) is 0 Å². The van der Waals surface area contributed by atoms with Crippen molar-refractivity contribution in [3.63, 3.8) is 0 Å². The van der Waals surface area contributed by atoms with Crippen LogP contribution in [0.15, 0.2) is 42.7 Å². The third kappa shape index (κ3) is 4.34. The van der Waals surface area contributed by atoms with Gasteiger partial charge in [-0.1, -0.05) is 19.1 Å². The number of ether oxygens (including phenoxy) is 1. The highest BCUT2D eigenvalue weighted by molar-refractivity contribution is 5.63. The quantitative estimate of drug-likeness (QED) is 0.815. The van der Waals surface area contributed by atoms with Crippen LogP contribution in [-0.2, 0) is 6.54 Å². The summed E-state index contributed by atoms with van der Waals surface area (Å²) in [5, 5.41) is 0. The normalized spacial score (nSPS) is 16.2. The van der Waals surface area contributed by atoms with E-state index in [-0.39, 0.29) is 0 Å². The highest BCUT2D eigenvalue weighted by atomic mass is 16.5. The average molecular weight is 325 g/mol. The lowest BCUT2D eigenvalue weighted by molar-refractivity contribution is 0.132. The summed E-state index contributed by atoms with van der Waals surface area (Å²) in [7, 11) is 0. The molecule has 0 amide bonds. The Balaban J connectivity index is 1.65. The standard InChI is InChI=1S/C20H27N3O/c1-3-22-9-11-23(12-10-22)16-17-13-19(15-21-14-17)18-5-7-20(8-6-18)24-4-2/h5-8,13-15H,3-4,9-12,16H2,1-2H3. The van der Waals surface area contributed by atoms with Crippen LogP contribution in [0.25, 0.3) is 11.1 Å². The first-order valence-electron chi connectivity index (χ1n) is 8.90. The fourth-order valence-corrected chi connectivity index (χ4v) is 3.16. The largest absolute Gasteiger partial charge is 0.494 e. The van der Waals surface area contributed by atoms with Crippen molar-refractivity contribution in [2.24, 2.45) is 0 Å². The molecule has 0 unspecified atom stereocenters. The lowest BCUT2D eigenvalue weighted by Crippen LogP contribution is -2.45.